The van der Waals surface area contributed by atoms with E-state index in [1.165, 1.54) is 12.1 Å². The maximum Gasteiger partial charge on any atom is 0.329 e. The number of esters is 1. The first-order chi connectivity index (χ1) is 9.01. The van der Waals surface area contributed by atoms with Gasteiger partial charge in [-0.2, -0.15) is 18.1 Å². The Kier molecular flexibility index (Phi) is 3.36. The van der Waals surface area contributed by atoms with Crippen LogP contribution in [0.1, 0.15) is 12.5 Å². The molecule has 0 aromatic heterocycles. The first-order valence-corrected chi connectivity index (χ1v) is 6.95. The van der Waals surface area contributed by atoms with Gasteiger partial charge in [0.05, 0.1) is 23.3 Å². The highest BCUT2D eigenvalue weighted by Crippen LogP contribution is 2.29. The lowest BCUT2D eigenvalue weighted by Crippen LogP contribution is -2.24. The van der Waals surface area contributed by atoms with Crippen LogP contribution in [0.2, 0.25) is 0 Å². The quantitative estimate of drug-likeness (QED) is 0.764. The second-order valence-corrected chi connectivity index (χ2v) is 5.33. The van der Waals surface area contributed by atoms with E-state index in [9.17, 15) is 13.2 Å². The highest BCUT2D eigenvalue weighted by Gasteiger charge is 2.36. The van der Waals surface area contributed by atoms with Crippen LogP contribution in [-0.4, -0.2) is 26.7 Å². The Morgan fingerprint density at radius 3 is 2.79 bits per heavy atom. The predicted molar refractivity (Wildman–Crippen MR) is 65.9 cm³/mol. The lowest BCUT2D eigenvalue weighted by Gasteiger charge is -2.08. The van der Waals surface area contributed by atoms with Gasteiger partial charge in [-0.25, -0.2) is 0 Å². The summed E-state index contributed by atoms with van der Waals surface area (Å²) in [6.07, 6.45) is 0. The first-order valence-electron chi connectivity index (χ1n) is 5.51. The zero-order valence-electron chi connectivity index (χ0n) is 10.0. The van der Waals surface area contributed by atoms with Gasteiger partial charge in [0.1, 0.15) is 0 Å². The molecular weight excluding hydrogens is 268 g/mol. The van der Waals surface area contributed by atoms with E-state index in [1.54, 1.807) is 25.1 Å². The summed E-state index contributed by atoms with van der Waals surface area (Å²) < 4.78 is 31.9. The molecule has 0 spiro atoms. The van der Waals surface area contributed by atoms with Crippen LogP contribution in [0.5, 0.6) is 0 Å². The standard InChI is InChI=1S/C12H10N2O4S/c1-2-18-12(15)9(7-13)11-8-5-3-4-6-10(8)19(16,17)14-11/h3-6,9H,2H2,1H3. The second kappa shape index (κ2) is 4.82. The van der Waals surface area contributed by atoms with Gasteiger partial charge >= 0.3 is 5.97 Å². The summed E-state index contributed by atoms with van der Waals surface area (Å²) in [5.74, 6) is -2.13. The van der Waals surface area contributed by atoms with Gasteiger partial charge in [-0.3, -0.25) is 4.79 Å². The third kappa shape index (κ3) is 2.22. The number of nitriles is 1. The van der Waals surface area contributed by atoms with Crippen molar-refractivity contribution in [1.29, 1.82) is 5.26 Å². The number of rotatable bonds is 3. The summed E-state index contributed by atoms with van der Waals surface area (Å²) in [6.45, 7) is 1.71. The molecule has 1 aliphatic heterocycles. The van der Waals surface area contributed by atoms with Crippen molar-refractivity contribution in [2.75, 3.05) is 6.61 Å². The van der Waals surface area contributed by atoms with Gasteiger partial charge in [0.2, 0.25) is 0 Å². The van der Waals surface area contributed by atoms with E-state index in [1.807, 2.05) is 0 Å². The van der Waals surface area contributed by atoms with Crippen molar-refractivity contribution in [3.8, 4) is 6.07 Å². The molecule has 0 fully saturated rings. The zero-order chi connectivity index (χ0) is 14.0. The molecule has 1 aromatic carbocycles. The number of nitrogens with zero attached hydrogens (tertiary/aromatic N) is 2. The minimum absolute atomic E-state index is 0.00884. The predicted octanol–water partition coefficient (Wildman–Crippen LogP) is 0.881. The number of carbonyl (C=O) groups excluding carboxylic acids is 1. The Morgan fingerprint density at radius 1 is 1.47 bits per heavy atom. The molecule has 19 heavy (non-hydrogen) atoms. The van der Waals surface area contributed by atoms with E-state index in [0.29, 0.717) is 0 Å². The van der Waals surface area contributed by atoms with Gasteiger partial charge in [-0.1, -0.05) is 18.2 Å². The van der Waals surface area contributed by atoms with E-state index in [-0.39, 0.29) is 22.8 Å². The van der Waals surface area contributed by atoms with Crippen molar-refractivity contribution >= 4 is 21.7 Å². The smallest absolute Gasteiger partial charge is 0.329 e. The van der Waals surface area contributed by atoms with Crippen LogP contribution < -0.4 is 0 Å². The molecule has 6 nitrogen and oxygen atoms in total. The number of hydrogen-bond acceptors (Lipinski definition) is 5. The van der Waals surface area contributed by atoms with Crippen LogP contribution in [0.15, 0.2) is 33.6 Å². The summed E-state index contributed by atoms with van der Waals surface area (Å²) >= 11 is 0. The van der Waals surface area contributed by atoms with Crippen LogP contribution in [0, 0.1) is 17.2 Å². The maximum atomic E-state index is 11.8. The van der Waals surface area contributed by atoms with Crippen molar-refractivity contribution in [3.63, 3.8) is 0 Å². The topological polar surface area (TPSA) is 96.6 Å². The van der Waals surface area contributed by atoms with E-state index < -0.39 is 21.9 Å². The number of ether oxygens (including phenoxy) is 1. The molecule has 98 valence electrons. The molecule has 0 amide bonds. The molecule has 1 atom stereocenters. The Morgan fingerprint density at radius 2 is 2.16 bits per heavy atom. The molecule has 2 rings (SSSR count). The van der Waals surface area contributed by atoms with Gasteiger partial charge in [-0.15, -0.1) is 0 Å². The Bertz CT molecular complexity index is 701. The number of sulfonamides is 1. The average Bonchev–Trinajstić information content (AvgIpc) is 2.64. The minimum Gasteiger partial charge on any atom is -0.465 e. The third-order valence-electron chi connectivity index (χ3n) is 2.58. The number of carbonyl (C=O) groups is 1. The van der Waals surface area contributed by atoms with Crippen LogP contribution in [0.3, 0.4) is 0 Å². The molecular formula is C12H10N2O4S. The molecule has 0 bridgehead atoms. The molecule has 0 saturated carbocycles. The maximum absolute atomic E-state index is 11.8. The van der Waals surface area contributed by atoms with Crippen LogP contribution in [0.4, 0.5) is 0 Å². The van der Waals surface area contributed by atoms with Gasteiger partial charge in [0.15, 0.2) is 5.92 Å². The Labute approximate surface area is 110 Å². The van der Waals surface area contributed by atoms with E-state index in [2.05, 4.69) is 4.40 Å². The summed E-state index contributed by atoms with van der Waals surface area (Å²) in [4.78, 5) is 11.7. The Balaban J connectivity index is 2.53. The van der Waals surface area contributed by atoms with Crippen molar-refractivity contribution in [1.82, 2.24) is 0 Å². The largest absolute Gasteiger partial charge is 0.465 e. The van der Waals surface area contributed by atoms with Crippen molar-refractivity contribution in [3.05, 3.63) is 29.8 Å². The molecule has 1 aromatic rings. The molecule has 1 aliphatic rings. The zero-order valence-corrected chi connectivity index (χ0v) is 10.8. The fourth-order valence-corrected chi connectivity index (χ4v) is 3.05. The van der Waals surface area contributed by atoms with Crippen molar-refractivity contribution < 1.29 is 17.9 Å². The summed E-state index contributed by atoms with van der Waals surface area (Å²) in [7, 11) is -3.83. The van der Waals surface area contributed by atoms with Gasteiger partial charge in [0, 0.05) is 5.56 Å². The fraction of sp³-hybridized carbons (Fsp3) is 0.250. The number of hydrogen-bond donors (Lipinski definition) is 0. The van der Waals surface area contributed by atoms with E-state index in [0.717, 1.165) is 0 Å². The molecule has 0 saturated heterocycles. The molecule has 7 heteroatoms. The number of fused-ring (bicyclic) bond motifs is 1. The lowest BCUT2D eigenvalue weighted by molar-refractivity contribution is -0.143. The van der Waals surface area contributed by atoms with Crippen molar-refractivity contribution in [2.24, 2.45) is 10.3 Å². The molecule has 0 N–H and O–H groups in total. The fourth-order valence-electron chi connectivity index (χ4n) is 1.79. The van der Waals surface area contributed by atoms with Crippen LogP contribution in [0.25, 0.3) is 0 Å². The van der Waals surface area contributed by atoms with Crippen molar-refractivity contribution in [2.45, 2.75) is 11.8 Å². The third-order valence-corrected chi connectivity index (χ3v) is 3.93. The summed E-state index contributed by atoms with van der Waals surface area (Å²) in [6, 6.07) is 7.82. The lowest BCUT2D eigenvalue weighted by atomic mass is 9.98. The van der Waals surface area contributed by atoms with Gasteiger partial charge in [0.25, 0.3) is 10.0 Å². The van der Waals surface area contributed by atoms with E-state index >= 15 is 0 Å². The van der Waals surface area contributed by atoms with E-state index in [4.69, 9.17) is 10.00 Å². The SMILES string of the molecule is CCOC(=O)C(C#N)C1=NS(=O)(=O)c2ccccc21. The normalized spacial score (nSPS) is 16.9. The van der Waals surface area contributed by atoms with Crippen LogP contribution in [-0.2, 0) is 19.6 Å². The van der Waals surface area contributed by atoms with Gasteiger partial charge in [-0.05, 0) is 13.0 Å². The average molecular weight is 278 g/mol. The second-order valence-electron chi connectivity index (χ2n) is 3.76. The van der Waals surface area contributed by atoms with Gasteiger partial charge < -0.3 is 4.74 Å². The summed E-state index contributed by atoms with van der Waals surface area (Å²) in [5, 5.41) is 9.05. The van der Waals surface area contributed by atoms with Crippen LogP contribution >= 0.6 is 0 Å². The highest BCUT2D eigenvalue weighted by atomic mass is 32.2. The highest BCUT2D eigenvalue weighted by molar-refractivity contribution is 7.90. The summed E-state index contributed by atoms with van der Waals surface area (Å²) in [5.41, 5.74) is 0.207. The first kappa shape index (κ1) is 13.2. The minimum atomic E-state index is -3.83. The molecule has 0 radical (unpaired) electrons. The Hall–Kier alpha value is -2.20. The number of benzene rings is 1. The molecule has 0 aliphatic carbocycles. The molecule has 1 unspecified atom stereocenters. The molecule has 1 heterocycles. The monoisotopic (exact) mass is 278 g/mol.